The van der Waals surface area contributed by atoms with Crippen LogP contribution in [-0.2, 0) is 14.3 Å². The van der Waals surface area contributed by atoms with Crippen LogP contribution in [0.3, 0.4) is 0 Å². The van der Waals surface area contributed by atoms with Crippen molar-refractivity contribution in [3.8, 4) is 0 Å². The minimum atomic E-state index is -0.793. The van der Waals surface area contributed by atoms with Gasteiger partial charge in [-0.15, -0.1) is 0 Å². The summed E-state index contributed by atoms with van der Waals surface area (Å²) in [5, 5.41) is 2.49. The van der Waals surface area contributed by atoms with Gasteiger partial charge in [-0.3, -0.25) is 4.79 Å². The second kappa shape index (κ2) is 7.58. The van der Waals surface area contributed by atoms with Gasteiger partial charge in [-0.2, -0.15) is 0 Å². The molecule has 1 amide bonds. The van der Waals surface area contributed by atoms with Crippen molar-refractivity contribution in [2.75, 3.05) is 13.2 Å². The van der Waals surface area contributed by atoms with E-state index in [1.54, 1.807) is 6.92 Å². The Bertz CT molecular complexity index is 168. The summed E-state index contributed by atoms with van der Waals surface area (Å²) in [4.78, 5) is 21.7. The average molecular weight is 187 g/mol. The zero-order valence-electron chi connectivity index (χ0n) is 8.26. The summed E-state index contributed by atoms with van der Waals surface area (Å²) >= 11 is 0. The predicted octanol–water partition coefficient (Wildman–Crippen LogP) is 0.856. The van der Waals surface area contributed by atoms with Gasteiger partial charge < -0.3 is 10.1 Å². The van der Waals surface area contributed by atoms with E-state index in [1.165, 1.54) is 0 Å². The molecule has 0 aliphatic rings. The molecule has 0 saturated carbocycles. The number of carbonyl (C=O) groups excluding carboxylic acids is 2. The molecule has 0 unspecified atom stereocenters. The Hall–Kier alpha value is -1.06. The molecule has 0 aliphatic heterocycles. The van der Waals surface area contributed by atoms with Gasteiger partial charge in [0.15, 0.2) is 0 Å². The van der Waals surface area contributed by atoms with E-state index < -0.39 is 11.9 Å². The highest BCUT2D eigenvalue weighted by molar-refractivity contribution is 6.32. The molecule has 0 aliphatic carbocycles. The molecule has 13 heavy (non-hydrogen) atoms. The van der Waals surface area contributed by atoms with E-state index in [-0.39, 0.29) is 6.61 Å². The minimum Gasteiger partial charge on any atom is -0.459 e. The van der Waals surface area contributed by atoms with E-state index in [0.29, 0.717) is 6.54 Å². The van der Waals surface area contributed by atoms with Crippen molar-refractivity contribution in [1.82, 2.24) is 5.32 Å². The second-order valence-electron chi connectivity index (χ2n) is 2.68. The Balaban J connectivity index is 3.44. The molecule has 0 aromatic heterocycles. The number of carbonyl (C=O) groups is 2. The Morgan fingerprint density at radius 3 is 2.46 bits per heavy atom. The van der Waals surface area contributed by atoms with E-state index in [9.17, 15) is 9.59 Å². The fourth-order valence-corrected chi connectivity index (χ4v) is 0.846. The first-order valence-corrected chi connectivity index (χ1v) is 4.67. The maximum atomic E-state index is 10.9. The summed E-state index contributed by atoms with van der Waals surface area (Å²) in [6.07, 6.45) is 3.06. The molecule has 0 saturated heterocycles. The van der Waals surface area contributed by atoms with Gasteiger partial charge in [-0.25, -0.2) is 4.79 Å². The number of unbranched alkanes of at least 4 members (excludes halogenated alkanes) is 2. The first kappa shape index (κ1) is 11.9. The van der Waals surface area contributed by atoms with Gasteiger partial charge in [0.1, 0.15) is 0 Å². The highest BCUT2D eigenvalue weighted by Gasteiger charge is 2.12. The molecule has 0 radical (unpaired) electrons. The quantitative estimate of drug-likeness (QED) is 0.394. The summed E-state index contributed by atoms with van der Waals surface area (Å²) in [6, 6.07) is 0. The first-order valence-electron chi connectivity index (χ1n) is 4.67. The summed E-state index contributed by atoms with van der Waals surface area (Å²) < 4.78 is 4.51. The van der Waals surface area contributed by atoms with Crippen molar-refractivity contribution in [1.29, 1.82) is 0 Å². The third kappa shape index (κ3) is 6.13. The van der Waals surface area contributed by atoms with Gasteiger partial charge in [-0.1, -0.05) is 19.8 Å². The molecular weight excluding hydrogens is 170 g/mol. The summed E-state index contributed by atoms with van der Waals surface area (Å²) in [7, 11) is 0. The van der Waals surface area contributed by atoms with Crippen molar-refractivity contribution in [3.63, 3.8) is 0 Å². The maximum Gasteiger partial charge on any atom is 0.396 e. The highest BCUT2D eigenvalue weighted by Crippen LogP contribution is 1.91. The van der Waals surface area contributed by atoms with Gasteiger partial charge in [0.2, 0.25) is 0 Å². The second-order valence-corrected chi connectivity index (χ2v) is 2.68. The fraction of sp³-hybridized carbons (Fsp3) is 0.778. The number of amides is 1. The number of nitrogens with one attached hydrogen (secondary N) is 1. The van der Waals surface area contributed by atoms with Crippen LogP contribution in [0.1, 0.15) is 33.1 Å². The van der Waals surface area contributed by atoms with Crippen LogP contribution in [-0.4, -0.2) is 25.0 Å². The number of hydrogen-bond donors (Lipinski definition) is 1. The number of ether oxygens (including phenoxy) is 1. The lowest BCUT2D eigenvalue weighted by molar-refractivity contribution is -0.154. The van der Waals surface area contributed by atoms with E-state index >= 15 is 0 Å². The molecule has 0 rings (SSSR count). The zero-order valence-corrected chi connectivity index (χ0v) is 8.26. The Morgan fingerprint density at radius 2 is 1.92 bits per heavy atom. The fourth-order valence-electron chi connectivity index (χ4n) is 0.846. The van der Waals surface area contributed by atoms with E-state index in [4.69, 9.17) is 0 Å². The molecule has 1 N–H and O–H groups in total. The molecule has 0 bridgehead atoms. The topological polar surface area (TPSA) is 55.4 Å². The number of rotatable bonds is 5. The van der Waals surface area contributed by atoms with Gasteiger partial charge in [0, 0.05) is 6.54 Å². The van der Waals surface area contributed by atoms with Crippen LogP contribution < -0.4 is 5.32 Å². The van der Waals surface area contributed by atoms with E-state index in [0.717, 1.165) is 19.3 Å². The van der Waals surface area contributed by atoms with Crippen molar-refractivity contribution in [2.45, 2.75) is 33.1 Å². The van der Waals surface area contributed by atoms with Crippen molar-refractivity contribution in [3.05, 3.63) is 0 Å². The van der Waals surface area contributed by atoms with Crippen LogP contribution in [0, 0.1) is 0 Å². The Kier molecular flexibility index (Phi) is 6.96. The lowest BCUT2D eigenvalue weighted by Crippen LogP contribution is -2.33. The highest BCUT2D eigenvalue weighted by atomic mass is 16.5. The van der Waals surface area contributed by atoms with Crippen LogP contribution in [0.4, 0.5) is 0 Å². The molecule has 0 atom stereocenters. The largest absolute Gasteiger partial charge is 0.459 e. The van der Waals surface area contributed by atoms with Crippen molar-refractivity contribution in [2.24, 2.45) is 0 Å². The standard InChI is InChI=1S/C9H17NO3/c1-3-5-6-7-10-8(11)9(12)13-4-2/h3-7H2,1-2H3,(H,10,11). The van der Waals surface area contributed by atoms with Crippen LogP contribution in [0.2, 0.25) is 0 Å². The molecule has 76 valence electrons. The first-order chi connectivity index (χ1) is 6.22. The third-order valence-corrected chi connectivity index (χ3v) is 1.53. The smallest absolute Gasteiger partial charge is 0.396 e. The van der Waals surface area contributed by atoms with Crippen LogP contribution >= 0.6 is 0 Å². The normalized spacial score (nSPS) is 9.38. The Morgan fingerprint density at radius 1 is 1.23 bits per heavy atom. The molecule has 0 spiro atoms. The molecule has 4 nitrogen and oxygen atoms in total. The summed E-state index contributed by atoms with van der Waals surface area (Å²) in [6.45, 7) is 4.53. The predicted molar refractivity (Wildman–Crippen MR) is 49.2 cm³/mol. The molecule has 0 aromatic rings. The average Bonchev–Trinajstić information content (AvgIpc) is 2.12. The Labute approximate surface area is 78.6 Å². The van der Waals surface area contributed by atoms with Gasteiger partial charge in [0.25, 0.3) is 0 Å². The molecule has 4 heteroatoms. The van der Waals surface area contributed by atoms with Gasteiger partial charge in [0.05, 0.1) is 6.61 Å². The van der Waals surface area contributed by atoms with Gasteiger partial charge in [-0.05, 0) is 13.3 Å². The SMILES string of the molecule is CCCCCNC(=O)C(=O)OCC. The summed E-state index contributed by atoms with van der Waals surface area (Å²) in [5.74, 6) is -1.43. The number of esters is 1. The molecule has 0 aromatic carbocycles. The lowest BCUT2D eigenvalue weighted by Gasteiger charge is -2.03. The van der Waals surface area contributed by atoms with Crippen molar-refractivity contribution < 1.29 is 14.3 Å². The third-order valence-electron chi connectivity index (χ3n) is 1.53. The lowest BCUT2D eigenvalue weighted by atomic mass is 10.2. The zero-order chi connectivity index (χ0) is 10.1. The van der Waals surface area contributed by atoms with E-state index in [1.807, 2.05) is 0 Å². The maximum absolute atomic E-state index is 10.9. The molecular formula is C9H17NO3. The molecule has 0 fully saturated rings. The van der Waals surface area contributed by atoms with Gasteiger partial charge >= 0.3 is 11.9 Å². The monoisotopic (exact) mass is 187 g/mol. The van der Waals surface area contributed by atoms with Crippen LogP contribution in [0.5, 0.6) is 0 Å². The minimum absolute atomic E-state index is 0.237. The van der Waals surface area contributed by atoms with E-state index in [2.05, 4.69) is 17.0 Å². The molecule has 0 heterocycles. The number of hydrogen-bond acceptors (Lipinski definition) is 3. The van der Waals surface area contributed by atoms with Crippen LogP contribution in [0.25, 0.3) is 0 Å². The summed E-state index contributed by atoms with van der Waals surface area (Å²) in [5.41, 5.74) is 0. The van der Waals surface area contributed by atoms with Crippen LogP contribution in [0.15, 0.2) is 0 Å². The van der Waals surface area contributed by atoms with Crippen molar-refractivity contribution >= 4 is 11.9 Å².